The number of ether oxygens (including phenoxy) is 2. The van der Waals surface area contributed by atoms with Crippen LogP contribution in [0.5, 0.6) is 5.88 Å². The summed E-state index contributed by atoms with van der Waals surface area (Å²) in [5.41, 5.74) is 2.27. The number of hydrogen-bond acceptors (Lipinski definition) is 4. The average molecular weight is 276 g/mol. The van der Waals surface area contributed by atoms with Crippen LogP contribution < -0.4 is 10.1 Å². The summed E-state index contributed by atoms with van der Waals surface area (Å²) in [5.74, 6) is 0.728. The van der Waals surface area contributed by atoms with E-state index in [0.717, 1.165) is 37.2 Å². The van der Waals surface area contributed by atoms with Gasteiger partial charge in [-0.05, 0) is 50.7 Å². The molecule has 1 saturated heterocycles. The fourth-order valence-electron chi connectivity index (χ4n) is 2.55. The first-order valence-corrected chi connectivity index (χ1v) is 7.75. The van der Waals surface area contributed by atoms with Crippen LogP contribution in [-0.2, 0) is 11.3 Å². The number of nitrogens with zero attached hydrogens (tertiary/aromatic N) is 1. The van der Waals surface area contributed by atoms with Crippen molar-refractivity contribution in [3.05, 3.63) is 23.4 Å². The summed E-state index contributed by atoms with van der Waals surface area (Å²) < 4.78 is 11.5. The number of pyridine rings is 1. The van der Waals surface area contributed by atoms with Crippen LogP contribution in [0.4, 0.5) is 0 Å². The van der Waals surface area contributed by atoms with Gasteiger partial charge in [0.2, 0.25) is 5.88 Å². The fraction of sp³-hybridized carbons (Fsp3) is 0.688. The highest BCUT2D eigenvalue weighted by molar-refractivity contribution is 5.24. The molecule has 0 amide bonds. The van der Waals surface area contributed by atoms with E-state index in [1.54, 1.807) is 0 Å². The third-order valence-corrected chi connectivity index (χ3v) is 3.85. The number of rotatable bonds is 6. The van der Waals surface area contributed by atoms with Crippen LogP contribution in [0.2, 0.25) is 0 Å². The molecular weight excluding hydrogens is 252 g/mol. The predicted molar refractivity (Wildman–Crippen MR) is 77.9 cm³/mol. The van der Waals surface area contributed by atoms with Crippen molar-refractivity contribution in [2.75, 3.05) is 13.2 Å². The zero-order valence-corrected chi connectivity index (χ0v) is 12.2. The van der Waals surface area contributed by atoms with Crippen LogP contribution in [-0.4, -0.2) is 30.3 Å². The van der Waals surface area contributed by atoms with Gasteiger partial charge in [-0.2, -0.15) is 0 Å². The fourth-order valence-corrected chi connectivity index (χ4v) is 2.55. The Hall–Kier alpha value is -1.13. The lowest BCUT2D eigenvalue weighted by atomic mass is 10.1. The Balaban J connectivity index is 1.53. The summed E-state index contributed by atoms with van der Waals surface area (Å²) in [7, 11) is 0. The molecule has 110 valence electrons. The molecule has 2 aliphatic rings. The van der Waals surface area contributed by atoms with Crippen LogP contribution in [0.3, 0.4) is 0 Å². The molecule has 0 aromatic carbocycles. The first-order valence-electron chi connectivity index (χ1n) is 7.75. The highest BCUT2D eigenvalue weighted by Crippen LogP contribution is 2.20. The Morgan fingerprint density at radius 3 is 2.95 bits per heavy atom. The van der Waals surface area contributed by atoms with E-state index in [-0.39, 0.29) is 6.10 Å². The van der Waals surface area contributed by atoms with Crippen molar-refractivity contribution >= 4 is 0 Å². The van der Waals surface area contributed by atoms with E-state index >= 15 is 0 Å². The van der Waals surface area contributed by atoms with E-state index in [2.05, 4.69) is 16.4 Å². The summed E-state index contributed by atoms with van der Waals surface area (Å²) >= 11 is 0. The van der Waals surface area contributed by atoms with Gasteiger partial charge in [0.1, 0.15) is 6.61 Å². The number of aryl methyl sites for hydroxylation is 1. The lowest BCUT2D eigenvalue weighted by Gasteiger charge is -2.22. The Morgan fingerprint density at radius 1 is 1.30 bits per heavy atom. The highest BCUT2D eigenvalue weighted by Gasteiger charge is 2.20. The molecule has 1 aromatic heterocycles. The molecule has 1 unspecified atom stereocenters. The number of aromatic nitrogens is 1. The van der Waals surface area contributed by atoms with Crippen LogP contribution in [0, 0.1) is 6.92 Å². The van der Waals surface area contributed by atoms with Gasteiger partial charge in [-0.15, -0.1) is 0 Å². The Labute approximate surface area is 120 Å². The van der Waals surface area contributed by atoms with Crippen LogP contribution >= 0.6 is 0 Å². The van der Waals surface area contributed by atoms with Crippen LogP contribution in [0.1, 0.15) is 43.4 Å². The van der Waals surface area contributed by atoms with E-state index in [0.29, 0.717) is 6.61 Å². The molecule has 3 rings (SSSR count). The van der Waals surface area contributed by atoms with Crippen molar-refractivity contribution in [1.29, 1.82) is 0 Å². The van der Waals surface area contributed by atoms with E-state index < -0.39 is 0 Å². The molecule has 4 heteroatoms. The first kappa shape index (κ1) is 13.8. The smallest absolute Gasteiger partial charge is 0.213 e. The molecule has 0 radical (unpaired) electrons. The van der Waals surface area contributed by atoms with Crippen molar-refractivity contribution in [3.8, 4) is 5.88 Å². The average Bonchev–Trinajstić information content (AvgIpc) is 3.28. The van der Waals surface area contributed by atoms with Crippen molar-refractivity contribution < 1.29 is 9.47 Å². The van der Waals surface area contributed by atoms with Crippen molar-refractivity contribution in [3.63, 3.8) is 0 Å². The molecule has 1 N–H and O–H groups in total. The Bertz CT molecular complexity index is 440. The van der Waals surface area contributed by atoms with Gasteiger partial charge in [0.25, 0.3) is 0 Å². The summed E-state index contributed by atoms with van der Waals surface area (Å²) in [5, 5.41) is 3.52. The monoisotopic (exact) mass is 276 g/mol. The number of nitrogens with one attached hydrogen (secondary N) is 1. The van der Waals surface area contributed by atoms with Gasteiger partial charge in [0.15, 0.2) is 0 Å². The van der Waals surface area contributed by atoms with Crippen molar-refractivity contribution in [2.24, 2.45) is 0 Å². The molecule has 0 spiro atoms. The SMILES string of the molecule is Cc1cc(CNC2CC2)cc(OCC2CCCCO2)n1. The van der Waals surface area contributed by atoms with Gasteiger partial charge in [-0.25, -0.2) is 4.98 Å². The molecular formula is C16H24N2O2. The van der Waals surface area contributed by atoms with E-state index in [4.69, 9.17) is 9.47 Å². The minimum atomic E-state index is 0.235. The lowest BCUT2D eigenvalue weighted by Crippen LogP contribution is -2.26. The maximum absolute atomic E-state index is 5.83. The second kappa shape index (κ2) is 6.55. The molecule has 2 fully saturated rings. The van der Waals surface area contributed by atoms with Gasteiger partial charge in [-0.3, -0.25) is 0 Å². The molecule has 4 nitrogen and oxygen atoms in total. The quantitative estimate of drug-likeness (QED) is 0.867. The first-order chi connectivity index (χ1) is 9.79. The molecule has 20 heavy (non-hydrogen) atoms. The van der Waals surface area contributed by atoms with Gasteiger partial charge in [0, 0.05) is 31.0 Å². The van der Waals surface area contributed by atoms with Crippen LogP contribution in [0.15, 0.2) is 12.1 Å². The third-order valence-electron chi connectivity index (χ3n) is 3.85. The maximum atomic E-state index is 5.83. The van der Waals surface area contributed by atoms with Gasteiger partial charge >= 0.3 is 0 Å². The van der Waals surface area contributed by atoms with Crippen molar-refractivity contribution in [2.45, 2.75) is 57.7 Å². The molecule has 1 aliphatic carbocycles. The molecule has 1 atom stereocenters. The second-order valence-corrected chi connectivity index (χ2v) is 5.91. The summed E-state index contributed by atoms with van der Waals surface area (Å²) in [4.78, 5) is 4.46. The molecule has 2 heterocycles. The van der Waals surface area contributed by atoms with Gasteiger partial charge in [0.05, 0.1) is 6.10 Å². The second-order valence-electron chi connectivity index (χ2n) is 5.91. The zero-order valence-electron chi connectivity index (χ0n) is 12.2. The Morgan fingerprint density at radius 2 is 2.20 bits per heavy atom. The lowest BCUT2D eigenvalue weighted by molar-refractivity contribution is -0.0119. The molecule has 1 saturated carbocycles. The predicted octanol–water partition coefficient (Wildman–Crippen LogP) is 2.59. The normalized spacial score (nSPS) is 22.8. The third kappa shape index (κ3) is 4.18. The summed E-state index contributed by atoms with van der Waals surface area (Å²) in [6.07, 6.45) is 6.38. The zero-order chi connectivity index (χ0) is 13.8. The van der Waals surface area contributed by atoms with Gasteiger partial charge < -0.3 is 14.8 Å². The van der Waals surface area contributed by atoms with E-state index in [1.807, 2.05) is 13.0 Å². The summed E-state index contributed by atoms with van der Waals surface area (Å²) in [6, 6.07) is 4.90. The van der Waals surface area contributed by atoms with Crippen LogP contribution in [0.25, 0.3) is 0 Å². The maximum Gasteiger partial charge on any atom is 0.213 e. The summed E-state index contributed by atoms with van der Waals surface area (Å²) in [6.45, 7) is 4.41. The van der Waals surface area contributed by atoms with E-state index in [1.165, 1.54) is 31.2 Å². The topological polar surface area (TPSA) is 43.4 Å². The molecule has 1 aromatic rings. The Kier molecular flexibility index (Phi) is 4.53. The van der Waals surface area contributed by atoms with Crippen molar-refractivity contribution in [1.82, 2.24) is 10.3 Å². The largest absolute Gasteiger partial charge is 0.475 e. The number of hydrogen-bond donors (Lipinski definition) is 1. The highest BCUT2D eigenvalue weighted by atomic mass is 16.5. The van der Waals surface area contributed by atoms with Gasteiger partial charge in [-0.1, -0.05) is 0 Å². The standard InChI is InChI=1S/C16H24N2O2/c1-12-8-13(10-17-14-5-6-14)9-16(18-12)20-11-15-4-2-3-7-19-15/h8-9,14-15,17H,2-7,10-11H2,1H3. The molecule has 0 bridgehead atoms. The minimum absolute atomic E-state index is 0.235. The molecule has 1 aliphatic heterocycles. The minimum Gasteiger partial charge on any atom is -0.475 e. The van der Waals surface area contributed by atoms with E-state index in [9.17, 15) is 0 Å².